The summed E-state index contributed by atoms with van der Waals surface area (Å²) in [6.45, 7) is 2.57. The zero-order chi connectivity index (χ0) is 14.2. The van der Waals surface area contributed by atoms with Crippen LogP contribution in [0, 0.1) is 0 Å². The van der Waals surface area contributed by atoms with Gasteiger partial charge in [-0.05, 0) is 17.2 Å². The Morgan fingerprint density at radius 2 is 1.45 bits per heavy atom. The second-order valence-electron chi connectivity index (χ2n) is 5.04. The van der Waals surface area contributed by atoms with Crippen LogP contribution in [-0.2, 0) is 13.1 Å². The van der Waals surface area contributed by atoms with Gasteiger partial charge in [-0.3, -0.25) is 0 Å². The van der Waals surface area contributed by atoms with E-state index in [9.17, 15) is 0 Å². The molecule has 0 saturated carbocycles. The highest BCUT2D eigenvalue weighted by Crippen LogP contribution is 2.17. The number of anilines is 1. The van der Waals surface area contributed by atoms with E-state index in [0.717, 1.165) is 19.8 Å². The Morgan fingerprint density at radius 3 is 2.20 bits per heavy atom. The van der Waals surface area contributed by atoms with E-state index < -0.39 is 0 Å². The standard InChI is InChI=1S/C17H23N3/c1-20(2)17-11-7-6-10-16(17)13-19-14-18-12-15-8-4-3-5-9-15/h3-11,18-19H,12-14H2,1-2H3. The first-order chi connectivity index (χ1) is 9.77. The van der Waals surface area contributed by atoms with Gasteiger partial charge in [0.2, 0.25) is 0 Å². The van der Waals surface area contributed by atoms with Crippen molar-refractivity contribution in [3.63, 3.8) is 0 Å². The largest absolute Gasteiger partial charge is 0.377 e. The first-order valence-corrected chi connectivity index (χ1v) is 6.98. The first kappa shape index (κ1) is 14.6. The second kappa shape index (κ2) is 7.68. The number of hydrogen-bond acceptors (Lipinski definition) is 3. The van der Waals surface area contributed by atoms with Crippen molar-refractivity contribution < 1.29 is 0 Å². The monoisotopic (exact) mass is 269 g/mol. The van der Waals surface area contributed by atoms with Crippen molar-refractivity contribution in [3.8, 4) is 0 Å². The Labute approximate surface area is 121 Å². The first-order valence-electron chi connectivity index (χ1n) is 6.98. The quantitative estimate of drug-likeness (QED) is 0.597. The maximum atomic E-state index is 3.43. The molecule has 0 atom stereocenters. The zero-order valence-corrected chi connectivity index (χ0v) is 12.3. The van der Waals surface area contributed by atoms with E-state index in [-0.39, 0.29) is 0 Å². The SMILES string of the molecule is CN(C)c1ccccc1CNCNCc1ccccc1. The van der Waals surface area contributed by atoms with E-state index in [1.807, 2.05) is 6.07 Å². The smallest absolute Gasteiger partial charge is 0.0459 e. The second-order valence-corrected chi connectivity index (χ2v) is 5.04. The van der Waals surface area contributed by atoms with Crippen LogP contribution in [0.4, 0.5) is 5.69 Å². The molecular weight excluding hydrogens is 246 g/mol. The third kappa shape index (κ3) is 4.37. The fourth-order valence-electron chi connectivity index (χ4n) is 2.18. The van der Waals surface area contributed by atoms with Crippen LogP contribution in [0.15, 0.2) is 54.6 Å². The average Bonchev–Trinajstić information content (AvgIpc) is 2.48. The molecular formula is C17H23N3. The Hall–Kier alpha value is -1.84. The molecule has 0 bridgehead atoms. The molecule has 106 valence electrons. The number of nitrogens with one attached hydrogen (secondary N) is 2. The summed E-state index contributed by atoms with van der Waals surface area (Å²) in [5.74, 6) is 0. The topological polar surface area (TPSA) is 27.3 Å². The van der Waals surface area contributed by atoms with Gasteiger partial charge in [0.25, 0.3) is 0 Å². The van der Waals surface area contributed by atoms with Crippen LogP contribution < -0.4 is 15.5 Å². The number of benzene rings is 2. The van der Waals surface area contributed by atoms with Gasteiger partial charge in [-0.1, -0.05) is 48.5 Å². The van der Waals surface area contributed by atoms with E-state index in [4.69, 9.17) is 0 Å². The minimum Gasteiger partial charge on any atom is -0.377 e. The lowest BCUT2D eigenvalue weighted by molar-refractivity contribution is 0.581. The van der Waals surface area contributed by atoms with E-state index >= 15 is 0 Å². The van der Waals surface area contributed by atoms with E-state index in [1.54, 1.807) is 0 Å². The van der Waals surface area contributed by atoms with E-state index in [0.29, 0.717) is 0 Å². The lowest BCUT2D eigenvalue weighted by Crippen LogP contribution is -2.28. The summed E-state index contributed by atoms with van der Waals surface area (Å²) in [4.78, 5) is 2.15. The summed E-state index contributed by atoms with van der Waals surface area (Å²) in [6, 6.07) is 18.9. The molecule has 0 spiro atoms. The van der Waals surface area contributed by atoms with Crippen molar-refractivity contribution in [2.45, 2.75) is 13.1 Å². The van der Waals surface area contributed by atoms with Gasteiger partial charge in [-0.2, -0.15) is 0 Å². The Bertz CT molecular complexity index is 509. The molecule has 0 aliphatic heterocycles. The van der Waals surface area contributed by atoms with Crippen molar-refractivity contribution in [1.29, 1.82) is 0 Å². The Kier molecular flexibility index (Phi) is 5.59. The van der Waals surface area contributed by atoms with Gasteiger partial charge in [0.05, 0.1) is 0 Å². The zero-order valence-electron chi connectivity index (χ0n) is 12.3. The van der Waals surface area contributed by atoms with Gasteiger partial charge in [0, 0.05) is 39.5 Å². The third-order valence-electron chi connectivity index (χ3n) is 3.21. The van der Waals surface area contributed by atoms with Gasteiger partial charge < -0.3 is 15.5 Å². The lowest BCUT2D eigenvalue weighted by atomic mass is 10.1. The molecule has 2 aromatic carbocycles. The normalized spacial score (nSPS) is 10.5. The molecule has 2 N–H and O–H groups in total. The summed E-state index contributed by atoms with van der Waals surface area (Å²) in [5.41, 5.74) is 3.89. The maximum Gasteiger partial charge on any atom is 0.0459 e. The molecule has 0 aliphatic carbocycles. The van der Waals surface area contributed by atoms with E-state index in [2.05, 4.69) is 78.2 Å². The molecule has 0 radical (unpaired) electrons. The van der Waals surface area contributed by atoms with Crippen LogP contribution in [0.2, 0.25) is 0 Å². The molecule has 2 rings (SSSR count). The highest BCUT2D eigenvalue weighted by Gasteiger charge is 2.02. The molecule has 3 nitrogen and oxygen atoms in total. The summed E-state index contributed by atoms with van der Waals surface area (Å²) in [7, 11) is 4.15. The molecule has 20 heavy (non-hydrogen) atoms. The highest BCUT2D eigenvalue weighted by atomic mass is 15.1. The van der Waals surface area contributed by atoms with Crippen LogP contribution in [-0.4, -0.2) is 20.8 Å². The van der Waals surface area contributed by atoms with Crippen molar-refractivity contribution >= 4 is 5.69 Å². The third-order valence-corrected chi connectivity index (χ3v) is 3.21. The number of nitrogens with zero attached hydrogens (tertiary/aromatic N) is 1. The summed E-state index contributed by atoms with van der Waals surface area (Å²) < 4.78 is 0. The molecule has 0 aromatic heterocycles. The van der Waals surface area contributed by atoms with Crippen LogP contribution in [0.25, 0.3) is 0 Å². The van der Waals surface area contributed by atoms with Gasteiger partial charge >= 0.3 is 0 Å². The molecule has 0 fully saturated rings. The van der Waals surface area contributed by atoms with Gasteiger partial charge in [-0.15, -0.1) is 0 Å². The number of rotatable bonds is 7. The summed E-state index contributed by atoms with van der Waals surface area (Å²) in [6.07, 6.45) is 0. The number of hydrogen-bond donors (Lipinski definition) is 2. The maximum absolute atomic E-state index is 3.43. The average molecular weight is 269 g/mol. The Balaban J connectivity index is 1.74. The summed E-state index contributed by atoms with van der Waals surface area (Å²) >= 11 is 0. The molecule has 0 saturated heterocycles. The molecule has 0 amide bonds. The lowest BCUT2D eigenvalue weighted by Gasteiger charge is -2.17. The van der Waals surface area contributed by atoms with Crippen molar-refractivity contribution in [3.05, 3.63) is 65.7 Å². The molecule has 2 aromatic rings. The van der Waals surface area contributed by atoms with Crippen LogP contribution >= 0.6 is 0 Å². The fraction of sp³-hybridized carbons (Fsp3) is 0.294. The predicted molar refractivity (Wildman–Crippen MR) is 85.8 cm³/mol. The fourth-order valence-corrected chi connectivity index (χ4v) is 2.18. The number of para-hydroxylation sites is 1. The van der Waals surface area contributed by atoms with E-state index in [1.165, 1.54) is 16.8 Å². The predicted octanol–water partition coefficient (Wildman–Crippen LogP) is 2.59. The van der Waals surface area contributed by atoms with Crippen LogP contribution in [0.5, 0.6) is 0 Å². The van der Waals surface area contributed by atoms with Gasteiger partial charge in [0.1, 0.15) is 0 Å². The Morgan fingerprint density at radius 1 is 0.800 bits per heavy atom. The van der Waals surface area contributed by atoms with Crippen molar-refractivity contribution in [2.75, 3.05) is 25.7 Å². The van der Waals surface area contributed by atoms with Crippen molar-refractivity contribution in [1.82, 2.24) is 10.6 Å². The summed E-state index contributed by atoms with van der Waals surface area (Å²) in [5, 5.41) is 6.83. The highest BCUT2D eigenvalue weighted by molar-refractivity contribution is 5.52. The van der Waals surface area contributed by atoms with Crippen molar-refractivity contribution in [2.24, 2.45) is 0 Å². The van der Waals surface area contributed by atoms with Crippen LogP contribution in [0.1, 0.15) is 11.1 Å². The molecule has 0 aliphatic rings. The van der Waals surface area contributed by atoms with Gasteiger partial charge in [0.15, 0.2) is 0 Å². The van der Waals surface area contributed by atoms with Crippen LogP contribution in [0.3, 0.4) is 0 Å². The minimum atomic E-state index is 0.802. The molecule has 3 heteroatoms. The molecule has 0 unspecified atom stereocenters. The molecule has 0 heterocycles. The minimum absolute atomic E-state index is 0.802. The van der Waals surface area contributed by atoms with Gasteiger partial charge in [-0.25, -0.2) is 0 Å².